The van der Waals surface area contributed by atoms with Crippen molar-refractivity contribution in [2.75, 3.05) is 30.4 Å². The van der Waals surface area contributed by atoms with Gasteiger partial charge in [0.25, 0.3) is 5.91 Å². The normalized spacial score (nSPS) is 11.0. The van der Waals surface area contributed by atoms with Crippen molar-refractivity contribution in [3.05, 3.63) is 47.7 Å². The number of alkyl halides is 3. The van der Waals surface area contributed by atoms with Gasteiger partial charge in [-0.25, -0.2) is 9.78 Å². The Hall–Kier alpha value is -3.34. The minimum Gasteiger partial charge on any atom is -0.478 e. The van der Waals surface area contributed by atoms with E-state index in [0.29, 0.717) is 0 Å². The molecule has 11 heteroatoms. The largest absolute Gasteiger partial charge is 0.573 e. The third-order valence-electron chi connectivity index (χ3n) is 3.50. The second kappa shape index (κ2) is 8.57. The summed E-state index contributed by atoms with van der Waals surface area (Å²) in [6.45, 7) is -0.0796. The van der Waals surface area contributed by atoms with Crippen LogP contribution in [0.4, 0.5) is 24.7 Å². The molecule has 0 fully saturated rings. The number of aromatic carboxylic acids is 1. The summed E-state index contributed by atoms with van der Waals surface area (Å²) < 4.78 is 40.3. The van der Waals surface area contributed by atoms with Gasteiger partial charge in [0.2, 0.25) is 0 Å². The van der Waals surface area contributed by atoms with E-state index in [4.69, 9.17) is 10.2 Å². The molecule has 0 spiro atoms. The first kappa shape index (κ1) is 21.0. The van der Waals surface area contributed by atoms with Crippen LogP contribution in [0, 0.1) is 0 Å². The molecule has 0 saturated carbocycles. The summed E-state index contributed by atoms with van der Waals surface area (Å²) in [5.41, 5.74) is -0.136. The summed E-state index contributed by atoms with van der Waals surface area (Å²) in [4.78, 5) is 29.2. The summed E-state index contributed by atoms with van der Waals surface area (Å²) >= 11 is 0. The maximum absolute atomic E-state index is 12.6. The number of nitrogens with zero attached hydrogens (tertiary/aromatic N) is 2. The van der Waals surface area contributed by atoms with Gasteiger partial charge in [0.15, 0.2) is 0 Å². The fraction of sp³-hybridized carbons (Fsp3) is 0.235. The average Bonchev–Trinajstić information content (AvgIpc) is 2.61. The molecule has 1 amide bonds. The van der Waals surface area contributed by atoms with E-state index in [9.17, 15) is 22.8 Å². The Labute approximate surface area is 157 Å². The maximum atomic E-state index is 12.6. The number of aliphatic hydroxyl groups excluding tert-OH is 1. The number of carboxylic acid groups (broad SMARTS) is 1. The molecule has 0 aliphatic carbocycles. The van der Waals surface area contributed by atoms with Gasteiger partial charge in [-0.15, -0.1) is 13.2 Å². The molecule has 1 aromatic carbocycles. The molecule has 0 saturated heterocycles. The van der Waals surface area contributed by atoms with Gasteiger partial charge in [-0.05, 0) is 30.3 Å². The van der Waals surface area contributed by atoms with E-state index in [1.54, 1.807) is 7.05 Å². The molecule has 0 radical (unpaired) electrons. The Morgan fingerprint density at radius 2 is 1.89 bits per heavy atom. The van der Waals surface area contributed by atoms with Crippen LogP contribution >= 0.6 is 0 Å². The minimum absolute atomic E-state index is 0.0773. The van der Waals surface area contributed by atoms with Gasteiger partial charge in [0.1, 0.15) is 11.6 Å². The summed E-state index contributed by atoms with van der Waals surface area (Å²) in [7, 11) is 1.55. The number of likely N-dealkylation sites (N-methyl/N-ethyl adjacent to an activating group) is 1. The third-order valence-corrected chi connectivity index (χ3v) is 3.50. The molecule has 8 nitrogen and oxygen atoms in total. The van der Waals surface area contributed by atoms with E-state index >= 15 is 0 Å². The van der Waals surface area contributed by atoms with Crippen LogP contribution in [0.25, 0.3) is 0 Å². The third kappa shape index (κ3) is 5.58. The lowest BCUT2D eigenvalue weighted by molar-refractivity contribution is -0.274. The predicted octanol–water partition coefficient (Wildman–Crippen LogP) is 2.36. The summed E-state index contributed by atoms with van der Waals surface area (Å²) in [5, 5.41) is 20.6. The zero-order chi connectivity index (χ0) is 20.9. The van der Waals surface area contributed by atoms with Gasteiger partial charge in [0.05, 0.1) is 17.7 Å². The van der Waals surface area contributed by atoms with Crippen molar-refractivity contribution in [3.8, 4) is 5.75 Å². The van der Waals surface area contributed by atoms with E-state index in [0.717, 1.165) is 24.4 Å². The topological polar surface area (TPSA) is 112 Å². The number of hydrogen-bond acceptors (Lipinski definition) is 6. The first-order valence-electron chi connectivity index (χ1n) is 7.83. The molecule has 3 N–H and O–H groups in total. The molecule has 2 aromatic rings. The fourth-order valence-electron chi connectivity index (χ4n) is 2.24. The van der Waals surface area contributed by atoms with Crippen LogP contribution in [0.1, 0.15) is 20.7 Å². The number of rotatable bonds is 7. The van der Waals surface area contributed by atoms with Gasteiger partial charge in [-0.2, -0.15) is 0 Å². The standard InChI is InChI=1S/C17H16F3N3O5/c1-23(6-7-24)14-13(8-10(9-21-14)16(26)27)15(25)22-11-2-4-12(5-3-11)28-17(18,19)20/h2-5,8-9,24H,6-7H2,1H3,(H,22,25)(H,26,27). The number of aromatic nitrogens is 1. The lowest BCUT2D eigenvalue weighted by Crippen LogP contribution is -2.26. The second-order valence-corrected chi connectivity index (χ2v) is 5.57. The highest BCUT2D eigenvalue weighted by Gasteiger charge is 2.31. The lowest BCUT2D eigenvalue weighted by atomic mass is 10.1. The fourth-order valence-corrected chi connectivity index (χ4v) is 2.24. The summed E-state index contributed by atoms with van der Waals surface area (Å²) in [5.74, 6) is -2.33. The predicted molar refractivity (Wildman–Crippen MR) is 92.6 cm³/mol. The molecule has 2 rings (SSSR count). The minimum atomic E-state index is -4.83. The van der Waals surface area contributed by atoms with Gasteiger partial charge < -0.3 is 25.2 Å². The number of aliphatic hydroxyl groups is 1. The Bertz CT molecular complexity index is 856. The van der Waals surface area contributed by atoms with Crippen molar-refractivity contribution in [1.82, 2.24) is 4.98 Å². The van der Waals surface area contributed by atoms with E-state index in [1.807, 2.05) is 0 Å². The Kier molecular flexibility index (Phi) is 6.41. The van der Waals surface area contributed by atoms with Crippen LogP contribution < -0.4 is 15.0 Å². The number of pyridine rings is 1. The number of carbonyl (C=O) groups excluding carboxylic acids is 1. The van der Waals surface area contributed by atoms with Crippen molar-refractivity contribution in [3.63, 3.8) is 0 Å². The van der Waals surface area contributed by atoms with E-state index in [2.05, 4.69) is 15.0 Å². The number of halogens is 3. The quantitative estimate of drug-likeness (QED) is 0.655. The monoisotopic (exact) mass is 399 g/mol. The molecule has 150 valence electrons. The smallest absolute Gasteiger partial charge is 0.478 e. The SMILES string of the molecule is CN(CCO)c1ncc(C(=O)O)cc1C(=O)Nc1ccc(OC(F)(F)F)cc1. The van der Waals surface area contributed by atoms with Crippen LogP contribution in [0.5, 0.6) is 5.75 Å². The highest BCUT2D eigenvalue weighted by atomic mass is 19.4. The highest BCUT2D eigenvalue weighted by Crippen LogP contribution is 2.25. The number of nitrogens with one attached hydrogen (secondary N) is 1. The van der Waals surface area contributed by atoms with Crippen molar-refractivity contribution in [2.45, 2.75) is 6.36 Å². The van der Waals surface area contributed by atoms with Gasteiger partial charge in [-0.1, -0.05) is 0 Å². The van der Waals surface area contributed by atoms with E-state index < -0.39 is 24.0 Å². The van der Waals surface area contributed by atoms with E-state index in [1.165, 1.54) is 17.0 Å². The average molecular weight is 399 g/mol. The van der Waals surface area contributed by atoms with Crippen molar-refractivity contribution < 1.29 is 37.7 Å². The van der Waals surface area contributed by atoms with Crippen LogP contribution in [-0.4, -0.2) is 53.6 Å². The van der Waals surface area contributed by atoms with Crippen LogP contribution in [0.15, 0.2) is 36.5 Å². The molecule has 1 aromatic heterocycles. The van der Waals surface area contributed by atoms with Gasteiger partial charge in [-0.3, -0.25) is 4.79 Å². The number of benzene rings is 1. The van der Waals surface area contributed by atoms with Crippen LogP contribution in [0.3, 0.4) is 0 Å². The number of anilines is 2. The maximum Gasteiger partial charge on any atom is 0.573 e. The first-order chi connectivity index (χ1) is 13.1. The van der Waals surface area contributed by atoms with E-state index in [-0.39, 0.29) is 35.8 Å². The molecular formula is C17H16F3N3O5. The van der Waals surface area contributed by atoms with Crippen molar-refractivity contribution >= 4 is 23.4 Å². The zero-order valence-electron chi connectivity index (χ0n) is 14.5. The first-order valence-corrected chi connectivity index (χ1v) is 7.83. The Morgan fingerprint density at radius 1 is 1.25 bits per heavy atom. The second-order valence-electron chi connectivity index (χ2n) is 5.57. The zero-order valence-corrected chi connectivity index (χ0v) is 14.5. The molecule has 0 atom stereocenters. The molecular weight excluding hydrogens is 383 g/mol. The summed E-state index contributed by atoms with van der Waals surface area (Å²) in [6, 6.07) is 5.56. The molecule has 1 heterocycles. The van der Waals surface area contributed by atoms with Gasteiger partial charge in [0, 0.05) is 25.5 Å². The Balaban J connectivity index is 2.26. The highest BCUT2D eigenvalue weighted by molar-refractivity contribution is 6.08. The molecule has 28 heavy (non-hydrogen) atoms. The molecule has 0 aliphatic heterocycles. The number of amides is 1. The molecule has 0 unspecified atom stereocenters. The number of carboxylic acids is 1. The van der Waals surface area contributed by atoms with Crippen molar-refractivity contribution in [2.24, 2.45) is 0 Å². The molecule has 0 bridgehead atoms. The molecule has 0 aliphatic rings. The lowest BCUT2D eigenvalue weighted by Gasteiger charge is -2.20. The van der Waals surface area contributed by atoms with Crippen LogP contribution in [-0.2, 0) is 0 Å². The number of hydrogen-bond donors (Lipinski definition) is 3. The number of carbonyl (C=O) groups is 2. The Morgan fingerprint density at radius 3 is 2.43 bits per heavy atom. The summed E-state index contributed by atoms with van der Waals surface area (Å²) in [6.07, 6.45) is -3.76. The van der Waals surface area contributed by atoms with Crippen LogP contribution in [0.2, 0.25) is 0 Å². The van der Waals surface area contributed by atoms with Gasteiger partial charge >= 0.3 is 12.3 Å². The number of ether oxygens (including phenoxy) is 1. The van der Waals surface area contributed by atoms with Crippen molar-refractivity contribution in [1.29, 1.82) is 0 Å².